The second-order valence-corrected chi connectivity index (χ2v) is 9.67. The summed E-state index contributed by atoms with van der Waals surface area (Å²) in [6, 6.07) is 18.2. The Morgan fingerprint density at radius 3 is 2.53 bits per heavy atom. The van der Waals surface area contributed by atoms with Crippen LogP contribution in [0.4, 0.5) is 0 Å². The van der Waals surface area contributed by atoms with Crippen LogP contribution in [-0.2, 0) is 17.8 Å². The molecule has 0 bridgehead atoms. The van der Waals surface area contributed by atoms with Gasteiger partial charge in [0.2, 0.25) is 5.91 Å². The summed E-state index contributed by atoms with van der Waals surface area (Å²) in [5.41, 5.74) is 3.17. The van der Waals surface area contributed by atoms with Crippen molar-refractivity contribution < 1.29 is 9.59 Å². The molecule has 5 nitrogen and oxygen atoms in total. The van der Waals surface area contributed by atoms with Crippen LogP contribution in [0.15, 0.2) is 66.2 Å². The number of nitrogens with zero attached hydrogens (tertiary/aromatic N) is 3. The van der Waals surface area contributed by atoms with E-state index in [4.69, 9.17) is 0 Å². The Bertz CT molecular complexity index is 1080. The maximum absolute atomic E-state index is 13.6. The van der Waals surface area contributed by atoms with Gasteiger partial charge in [0.15, 0.2) is 0 Å². The largest absolute Gasteiger partial charge is 0.342 e. The summed E-state index contributed by atoms with van der Waals surface area (Å²) in [4.78, 5) is 35.7. The van der Waals surface area contributed by atoms with Crippen LogP contribution in [0.2, 0.25) is 0 Å². The van der Waals surface area contributed by atoms with Crippen LogP contribution < -0.4 is 0 Å². The summed E-state index contributed by atoms with van der Waals surface area (Å²) >= 11 is 1.44. The molecule has 2 aliphatic rings. The normalized spacial score (nSPS) is 18.9. The van der Waals surface area contributed by atoms with Crippen LogP contribution in [0.1, 0.15) is 45.3 Å². The van der Waals surface area contributed by atoms with Gasteiger partial charge in [0.1, 0.15) is 0 Å². The molecular weight excluding hydrogens is 418 g/mol. The Balaban J connectivity index is 1.29. The number of carbonyl (C=O) groups is 2. The molecule has 164 valence electrons. The summed E-state index contributed by atoms with van der Waals surface area (Å²) in [7, 11) is 0. The van der Waals surface area contributed by atoms with Gasteiger partial charge < -0.3 is 9.80 Å². The number of carbonyl (C=O) groups excluding carboxylic acids is 2. The Kier molecular flexibility index (Phi) is 6.04. The van der Waals surface area contributed by atoms with Crippen molar-refractivity contribution in [2.24, 2.45) is 5.92 Å². The molecule has 5 rings (SSSR count). The second kappa shape index (κ2) is 9.25. The maximum Gasteiger partial charge on any atom is 0.264 e. The number of hydrogen-bond acceptors (Lipinski definition) is 4. The molecule has 0 N–H and O–H groups in total. The van der Waals surface area contributed by atoms with Gasteiger partial charge in [-0.05, 0) is 53.8 Å². The van der Waals surface area contributed by atoms with E-state index in [0.717, 1.165) is 43.6 Å². The molecule has 0 radical (unpaired) electrons. The van der Waals surface area contributed by atoms with Gasteiger partial charge in [-0.25, -0.2) is 0 Å². The van der Waals surface area contributed by atoms with Gasteiger partial charge in [0.25, 0.3) is 5.91 Å². The number of benzene rings is 1. The Labute approximate surface area is 192 Å². The quantitative estimate of drug-likeness (QED) is 0.599. The van der Waals surface area contributed by atoms with Crippen molar-refractivity contribution >= 4 is 23.2 Å². The molecule has 2 aromatic heterocycles. The molecule has 1 aromatic carbocycles. The van der Waals surface area contributed by atoms with Crippen molar-refractivity contribution in [3.63, 3.8) is 0 Å². The first-order valence-electron chi connectivity index (χ1n) is 11.3. The van der Waals surface area contributed by atoms with Gasteiger partial charge in [0.05, 0.1) is 16.5 Å². The number of aromatic nitrogens is 1. The predicted octanol–water partition coefficient (Wildman–Crippen LogP) is 4.36. The van der Waals surface area contributed by atoms with E-state index >= 15 is 0 Å². The average molecular weight is 446 g/mol. The van der Waals surface area contributed by atoms with E-state index in [1.165, 1.54) is 16.9 Å². The zero-order valence-electron chi connectivity index (χ0n) is 18.0. The lowest BCUT2D eigenvalue weighted by Gasteiger charge is -2.38. The number of piperidine rings is 1. The van der Waals surface area contributed by atoms with E-state index in [0.29, 0.717) is 23.9 Å². The van der Waals surface area contributed by atoms with Crippen LogP contribution in [0.5, 0.6) is 0 Å². The van der Waals surface area contributed by atoms with Gasteiger partial charge in [-0.15, -0.1) is 11.3 Å². The van der Waals surface area contributed by atoms with Crippen LogP contribution >= 0.6 is 11.3 Å². The summed E-state index contributed by atoms with van der Waals surface area (Å²) in [6.45, 7) is 2.44. The summed E-state index contributed by atoms with van der Waals surface area (Å²) in [6.07, 6.45) is 4.85. The number of hydrogen-bond donors (Lipinski definition) is 0. The highest BCUT2D eigenvalue weighted by molar-refractivity contribution is 7.12. The molecule has 1 unspecified atom stereocenters. The fourth-order valence-electron chi connectivity index (χ4n) is 4.91. The van der Waals surface area contributed by atoms with E-state index in [1.54, 1.807) is 11.1 Å². The summed E-state index contributed by atoms with van der Waals surface area (Å²) < 4.78 is 0. The van der Waals surface area contributed by atoms with Crippen molar-refractivity contribution in [1.82, 2.24) is 14.8 Å². The van der Waals surface area contributed by atoms with Gasteiger partial charge >= 0.3 is 0 Å². The molecule has 1 fully saturated rings. The number of pyridine rings is 1. The first-order chi connectivity index (χ1) is 15.7. The van der Waals surface area contributed by atoms with Gasteiger partial charge in [-0.1, -0.05) is 42.5 Å². The van der Waals surface area contributed by atoms with Gasteiger partial charge in [0, 0.05) is 32.4 Å². The average Bonchev–Trinajstić information content (AvgIpc) is 3.39. The highest BCUT2D eigenvalue weighted by Gasteiger charge is 2.37. The van der Waals surface area contributed by atoms with Gasteiger partial charge in [-0.3, -0.25) is 14.6 Å². The summed E-state index contributed by atoms with van der Waals surface area (Å²) in [5.74, 6) is 0.310. The Hall–Kier alpha value is -2.99. The van der Waals surface area contributed by atoms with Crippen LogP contribution in [0, 0.1) is 5.92 Å². The Morgan fingerprint density at radius 1 is 0.969 bits per heavy atom. The first-order valence-corrected chi connectivity index (χ1v) is 12.2. The van der Waals surface area contributed by atoms with Crippen molar-refractivity contribution in [2.75, 3.05) is 19.6 Å². The molecule has 2 aliphatic heterocycles. The van der Waals surface area contributed by atoms with E-state index in [1.807, 2.05) is 40.6 Å². The molecule has 0 aliphatic carbocycles. The first kappa shape index (κ1) is 20.9. The highest BCUT2D eigenvalue weighted by Crippen LogP contribution is 2.31. The van der Waals surface area contributed by atoms with Crippen LogP contribution in [0.3, 0.4) is 0 Å². The third-order valence-corrected chi connectivity index (χ3v) is 7.49. The number of rotatable bonds is 4. The van der Waals surface area contributed by atoms with E-state index < -0.39 is 5.92 Å². The maximum atomic E-state index is 13.6. The number of likely N-dealkylation sites (tertiary alicyclic amines) is 1. The number of amides is 2. The molecular formula is C26H27N3O2S. The zero-order valence-corrected chi connectivity index (χ0v) is 18.8. The fraction of sp³-hybridized carbons (Fsp3) is 0.346. The lowest BCUT2D eigenvalue weighted by atomic mass is 9.88. The van der Waals surface area contributed by atoms with Crippen molar-refractivity contribution in [3.8, 4) is 0 Å². The Morgan fingerprint density at radius 2 is 1.78 bits per heavy atom. The topological polar surface area (TPSA) is 53.5 Å². The van der Waals surface area contributed by atoms with E-state index in [-0.39, 0.29) is 11.8 Å². The standard InChI is InChI=1S/C26H27N3O2S/c30-25(28-13-10-20(11-14-28)16-19-6-2-1-3-7-19)22-18-29(26(31)23-9-5-15-32-23)17-21-8-4-12-27-24(21)22/h1-9,12,15,20,22H,10-11,13-14,16-18H2. The molecule has 32 heavy (non-hydrogen) atoms. The third kappa shape index (κ3) is 4.32. The summed E-state index contributed by atoms with van der Waals surface area (Å²) in [5, 5.41) is 1.91. The molecule has 0 spiro atoms. The van der Waals surface area contributed by atoms with E-state index in [9.17, 15) is 9.59 Å². The zero-order chi connectivity index (χ0) is 21.9. The third-order valence-electron chi connectivity index (χ3n) is 6.63. The van der Waals surface area contributed by atoms with Crippen molar-refractivity contribution in [1.29, 1.82) is 0 Å². The lowest BCUT2D eigenvalue weighted by molar-refractivity contribution is -0.134. The molecule has 1 atom stereocenters. The SMILES string of the molecule is O=C(c1cccs1)N1Cc2cccnc2C(C(=O)N2CCC(Cc3ccccc3)CC2)C1. The van der Waals surface area contributed by atoms with Crippen LogP contribution in [0.25, 0.3) is 0 Å². The molecule has 6 heteroatoms. The minimum Gasteiger partial charge on any atom is -0.342 e. The molecule has 4 heterocycles. The molecule has 0 saturated carbocycles. The van der Waals surface area contributed by atoms with Crippen LogP contribution in [-0.4, -0.2) is 46.2 Å². The predicted molar refractivity (Wildman–Crippen MR) is 125 cm³/mol. The minimum absolute atomic E-state index is 0.00567. The fourth-order valence-corrected chi connectivity index (χ4v) is 5.60. The smallest absolute Gasteiger partial charge is 0.264 e. The lowest BCUT2D eigenvalue weighted by Crippen LogP contribution is -2.47. The number of thiophene rings is 1. The van der Waals surface area contributed by atoms with Crippen molar-refractivity contribution in [2.45, 2.75) is 31.7 Å². The number of fused-ring (bicyclic) bond motifs is 1. The molecule has 1 saturated heterocycles. The highest BCUT2D eigenvalue weighted by atomic mass is 32.1. The molecule has 2 amide bonds. The minimum atomic E-state index is -0.394. The van der Waals surface area contributed by atoms with Gasteiger partial charge in [-0.2, -0.15) is 0 Å². The second-order valence-electron chi connectivity index (χ2n) is 8.72. The monoisotopic (exact) mass is 445 g/mol. The van der Waals surface area contributed by atoms with E-state index in [2.05, 4.69) is 29.2 Å². The molecule has 3 aromatic rings. The van der Waals surface area contributed by atoms with Crippen molar-refractivity contribution in [3.05, 3.63) is 87.9 Å².